The molecule has 5 aromatic rings. The number of aliphatic hydroxyl groups is 1. The topological polar surface area (TPSA) is 72.2 Å². The third kappa shape index (κ3) is 3.93. The number of fused-ring (bicyclic) bond motifs is 1. The average molecular weight is 447 g/mol. The van der Waals surface area contributed by atoms with Gasteiger partial charge in [0.25, 0.3) is 5.91 Å². The Morgan fingerprint density at radius 3 is 2.03 bits per heavy atom. The first kappa shape index (κ1) is 21.5. The minimum Gasteiger partial charge on any atom is -0.388 e. The SMILES string of the molecule is O=C(c1ccccc1)c1c(CC(O)c2ccncc2)n(C(=O)c2ccccc2)c2ccccc12. The third-order valence-corrected chi connectivity index (χ3v) is 5.94. The van der Waals surface area contributed by atoms with Crippen molar-refractivity contribution in [3.8, 4) is 0 Å². The van der Waals surface area contributed by atoms with Gasteiger partial charge in [0, 0.05) is 41.0 Å². The van der Waals surface area contributed by atoms with Crippen molar-refractivity contribution in [2.45, 2.75) is 12.5 Å². The number of carbonyl (C=O) groups is 2. The molecule has 0 aliphatic carbocycles. The summed E-state index contributed by atoms with van der Waals surface area (Å²) in [5.74, 6) is -0.436. The zero-order chi connectivity index (χ0) is 23.5. The van der Waals surface area contributed by atoms with Crippen molar-refractivity contribution >= 4 is 22.6 Å². The standard InChI is InChI=1S/C29H22N2O3/c32-26(20-15-17-30-18-16-20)19-25-27(28(33)21-9-3-1-4-10-21)23-13-7-8-14-24(23)31(25)29(34)22-11-5-2-6-12-22/h1-18,26,32H,19H2. The quantitative estimate of drug-likeness (QED) is 0.363. The second kappa shape index (κ2) is 9.25. The van der Waals surface area contributed by atoms with Crippen molar-refractivity contribution in [3.05, 3.63) is 137 Å². The lowest BCUT2D eigenvalue weighted by Crippen LogP contribution is -2.19. The second-order valence-electron chi connectivity index (χ2n) is 8.04. The second-order valence-corrected chi connectivity index (χ2v) is 8.04. The molecule has 0 aliphatic heterocycles. The number of aromatic nitrogens is 2. The molecule has 0 aliphatic rings. The van der Waals surface area contributed by atoms with Crippen LogP contribution in [-0.2, 0) is 6.42 Å². The number of hydrogen-bond acceptors (Lipinski definition) is 4. The summed E-state index contributed by atoms with van der Waals surface area (Å²) in [7, 11) is 0. The molecule has 166 valence electrons. The van der Waals surface area contributed by atoms with Crippen LogP contribution in [0.5, 0.6) is 0 Å². The number of hydrogen-bond donors (Lipinski definition) is 1. The summed E-state index contributed by atoms with van der Waals surface area (Å²) in [6.45, 7) is 0. The molecule has 1 N–H and O–H groups in total. The van der Waals surface area contributed by atoms with E-state index in [0.29, 0.717) is 38.9 Å². The highest BCUT2D eigenvalue weighted by atomic mass is 16.3. The van der Waals surface area contributed by atoms with Crippen molar-refractivity contribution in [2.24, 2.45) is 0 Å². The molecule has 5 heteroatoms. The van der Waals surface area contributed by atoms with E-state index < -0.39 is 6.10 Å². The van der Waals surface area contributed by atoms with Crippen molar-refractivity contribution in [3.63, 3.8) is 0 Å². The summed E-state index contributed by atoms with van der Waals surface area (Å²) in [6, 6.07) is 28.8. The minimum atomic E-state index is -0.919. The first-order chi connectivity index (χ1) is 16.6. The number of benzene rings is 3. The first-order valence-electron chi connectivity index (χ1n) is 11.0. The summed E-state index contributed by atoms with van der Waals surface area (Å²) < 4.78 is 1.57. The predicted octanol–water partition coefficient (Wildman–Crippen LogP) is 5.23. The van der Waals surface area contributed by atoms with Crippen LogP contribution in [0.25, 0.3) is 10.9 Å². The molecule has 5 nitrogen and oxygen atoms in total. The van der Waals surface area contributed by atoms with Gasteiger partial charge in [-0.05, 0) is 35.9 Å². The largest absolute Gasteiger partial charge is 0.388 e. The maximum Gasteiger partial charge on any atom is 0.262 e. The molecular formula is C29H22N2O3. The van der Waals surface area contributed by atoms with Crippen molar-refractivity contribution < 1.29 is 14.7 Å². The summed E-state index contributed by atoms with van der Waals surface area (Å²) in [4.78, 5) is 31.5. The van der Waals surface area contributed by atoms with Crippen LogP contribution in [0.4, 0.5) is 0 Å². The first-order valence-corrected chi connectivity index (χ1v) is 11.0. The Bertz CT molecular complexity index is 1370. The maximum absolute atomic E-state index is 13.8. The molecule has 0 amide bonds. The Morgan fingerprint density at radius 1 is 0.765 bits per heavy atom. The van der Waals surface area contributed by atoms with E-state index in [1.165, 1.54) is 0 Å². The molecule has 1 unspecified atom stereocenters. The Hall–Kier alpha value is -4.35. The van der Waals surface area contributed by atoms with Crippen LogP contribution in [-0.4, -0.2) is 26.3 Å². The number of nitrogens with zero attached hydrogens (tertiary/aromatic N) is 2. The van der Waals surface area contributed by atoms with Crippen molar-refractivity contribution in [1.29, 1.82) is 0 Å². The number of carbonyl (C=O) groups excluding carboxylic acids is 2. The minimum absolute atomic E-state index is 0.0885. The van der Waals surface area contributed by atoms with Crippen LogP contribution >= 0.6 is 0 Å². The van der Waals surface area contributed by atoms with Crippen LogP contribution in [0, 0.1) is 0 Å². The summed E-state index contributed by atoms with van der Waals surface area (Å²) in [5.41, 5.74) is 3.23. The lowest BCUT2D eigenvalue weighted by molar-refractivity contribution is 0.0958. The monoisotopic (exact) mass is 446 g/mol. The number of pyridine rings is 1. The van der Waals surface area contributed by atoms with E-state index >= 15 is 0 Å². The number of ketones is 1. The Kier molecular flexibility index (Phi) is 5.85. The highest BCUT2D eigenvalue weighted by Crippen LogP contribution is 2.32. The highest BCUT2D eigenvalue weighted by molar-refractivity contribution is 6.19. The van der Waals surface area contributed by atoms with Gasteiger partial charge in [-0.15, -0.1) is 0 Å². The zero-order valence-electron chi connectivity index (χ0n) is 18.3. The molecule has 2 heterocycles. The third-order valence-electron chi connectivity index (χ3n) is 5.94. The average Bonchev–Trinajstić information content (AvgIpc) is 3.22. The fourth-order valence-corrected chi connectivity index (χ4v) is 4.30. The van der Waals surface area contributed by atoms with Crippen LogP contribution in [0.15, 0.2) is 109 Å². The van der Waals surface area contributed by atoms with Crippen molar-refractivity contribution in [1.82, 2.24) is 9.55 Å². The summed E-state index contributed by atoms with van der Waals surface area (Å²) in [6.07, 6.45) is 2.39. The molecule has 2 aromatic heterocycles. The lowest BCUT2D eigenvalue weighted by Gasteiger charge is -2.15. The molecule has 0 bridgehead atoms. The molecule has 0 radical (unpaired) electrons. The van der Waals surface area contributed by atoms with Crippen LogP contribution < -0.4 is 0 Å². The van der Waals surface area contributed by atoms with E-state index in [9.17, 15) is 14.7 Å². The van der Waals surface area contributed by atoms with E-state index in [-0.39, 0.29) is 18.1 Å². The summed E-state index contributed by atoms with van der Waals surface area (Å²) in [5, 5.41) is 11.8. The predicted molar refractivity (Wildman–Crippen MR) is 131 cm³/mol. The van der Waals surface area contributed by atoms with Gasteiger partial charge < -0.3 is 5.11 Å². The Balaban J connectivity index is 1.75. The van der Waals surface area contributed by atoms with Gasteiger partial charge in [0.15, 0.2) is 5.78 Å². The molecule has 0 saturated heterocycles. The molecule has 3 aromatic carbocycles. The van der Waals surface area contributed by atoms with Gasteiger partial charge in [-0.25, -0.2) is 0 Å². The zero-order valence-corrected chi connectivity index (χ0v) is 18.3. The smallest absolute Gasteiger partial charge is 0.262 e. The number of aliphatic hydroxyl groups excluding tert-OH is 1. The van der Waals surface area contributed by atoms with E-state index in [0.717, 1.165) is 0 Å². The van der Waals surface area contributed by atoms with Crippen molar-refractivity contribution in [2.75, 3.05) is 0 Å². The van der Waals surface area contributed by atoms with E-state index in [4.69, 9.17) is 0 Å². The molecule has 0 spiro atoms. The normalized spacial score (nSPS) is 11.9. The highest BCUT2D eigenvalue weighted by Gasteiger charge is 2.28. The molecular weight excluding hydrogens is 424 g/mol. The van der Waals surface area contributed by atoms with Gasteiger partial charge in [0.1, 0.15) is 0 Å². The Labute approximate surface area is 197 Å². The number of rotatable bonds is 6. The molecule has 5 rings (SSSR count). The maximum atomic E-state index is 13.8. The van der Waals surface area contributed by atoms with Gasteiger partial charge in [-0.2, -0.15) is 0 Å². The van der Waals surface area contributed by atoms with Gasteiger partial charge in [0.05, 0.1) is 17.2 Å². The van der Waals surface area contributed by atoms with Gasteiger partial charge >= 0.3 is 0 Å². The lowest BCUT2D eigenvalue weighted by atomic mass is 9.96. The van der Waals surface area contributed by atoms with E-state index in [1.54, 1.807) is 65.5 Å². The molecule has 34 heavy (non-hydrogen) atoms. The van der Waals surface area contributed by atoms with Gasteiger partial charge in [-0.3, -0.25) is 19.1 Å². The van der Waals surface area contributed by atoms with Crippen LogP contribution in [0.3, 0.4) is 0 Å². The fourth-order valence-electron chi connectivity index (χ4n) is 4.30. The van der Waals surface area contributed by atoms with E-state index in [2.05, 4.69) is 4.98 Å². The van der Waals surface area contributed by atoms with Crippen LogP contribution in [0.2, 0.25) is 0 Å². The van der Waals surface area contributed by atoms with Crippen LogP contribution in [0.1, 0.15) is 43.6 Å². The summed E-state index contributed by atoms with van der Waals surface area (Å²) >= 11 is 0. The van der Waals surface area contributed by atoms with E-state index in [1.807, 2.05) is 48.5 Å². The van der Waals surface area contributed by atoms with Gasteiger partial charge in [-0.1, -0.05) is 66.7 Å². The molecule has 0 fully saturated rings. The number of para-hydroxylation sites is 1. The molecule has 0 saturated carbocycles. The fraction of sp³-hybridized carbons (Fsp3) is 0.0690. The Morgan fingerprint density at radius 2 is 1.35 bits per heavy atom. The molecule has 1 atom stereocenters. The van der Waals surface area contributed by atoms with Gasteiger partial charge in [0.2, 0.25) is 0 Å².